The quantitative estimate of drug-likeness (QED) is 0.521. The average molecular weight is 483 g/mol. The zero-order chi connectivity index (χ0) is 23.1. The van der Waals surface area contributed by atoms with Crippen LogP contribution < -0.4 is 4.72 Å². The lowest BCUT2D eigenvalue weighted by Crippen LogP contribution is -2.58. The van der Waals surface area contributed by atoms with E-state index in [4.69, 9.17) is 10.1 Å². The van der Waals surface area contributed by atoms with E-state index in [-0.39, 0.29) is 19.0 Å². The Morgan fingerprint density at radius 3 is 2.53 bits per heavy atom. The van der Waals surface area contributed by atoms with Gasteiger partial charge in [-0.2, -0.15) is 17.9 Å². The minimum Gasteiger partial charge on any atom is -0.376 e. The number of sulfonamides is 1. The molecule has 1 fully saturated rings. The molecule has 0 amide bonds. The molecule has 0 atom stereocenters. The fourth-order valence-corrected chi connectivity index (χ4v) is 5.19. The third-order valence-corrected chi connectivity index (χ3v) is 6.62. The van der Waals surface area contributed by atoms with Crippen molar-refractivity contribution in [2.24, 2.45) is 0 Å². The molecule has 1 aromatic carbocycles. The van der Waals surface area contributed by atoms with Crippen molar-refractivity contribution in [2.75, 3.05) is 19.5 Å². The standard InChI is InChI=1S/C19H16F3N5O3S2/c1-32(28,29)27-18(9-30-10-18)17-25-8-14(31-17)12-4-11(7-23)5-13(6-12)16-24-3-2-15(26-16)19(20,21)22/h2-8,23,27H,9-10H2,1H3. The number of aromatic nitrogens is 3. The fraction of sp³-hybridized carbons (Fsp3) is 0.263. The maximum atomic E-state index is 13.1. The normalized spacial score (nSPS) is 15.9. The van der Waals surface area contributed by atoms with Gasteiger partial charge in [0.15, 0.2) is 5.82 Å². The molecule has 1 saturated heterocycles. The van der Waals surface area contributed by atoms with Crippen molar-refractivity contribution >= 4 is 27.6 Å². The topological polar surface area (TPSA) is 118 Å². The third-order valence-electron chi connectivity index (χ3n) is 4.60. The fourth-order valence-electron chi connectivity index (χ4n) is 3.18. The third kappa shape index (κ3) is 4.55. The maximum absolute atomic E-state index is 13.1. The van der Waals surface area contributed by atoms with Gasteiger partial charge in [-0.05, 0) is 35.4 Å². The van der Waals surface area contributed by atoms with E-state index in [0.717, 1.165) is 24.7 Å². The predicted molar refractivity (Wildman–Crippen MR) is 112 cm³/mol. The average Bonchev–Trinajstić information content (AvgIpc) is 3.19. The number of rotatable bonds is 6. The molecule has 3 aromatic rings. The van der Waals surface area contributed by atoms with Crippen LogP contribution in [0.5, 0.6) is 0 Å². The number of halogens is 3. The van der Waals surface area contributed by atoms with Crippen molar-refractivity contribution in [3.8, 4) is 21.8 Å². The van der Waals surface area contributed by atoms with E-state index in [9.17, 15) is 21.6 Å². The van der Waals surface area contributed by atoms with E-state index in [1.807, 2.05) is 0 Å². The lowest BCUT2D eigenvalue weighted by molar-refractivity contribution is -0.141. The van der Waals surface area contributed by atoms with Crippen LogP contribution in [0.4, 0.5) is 13.2 Å². The number of hydrogen-bond donors (Lipinski definition) is 2. The zero-order valence-corrected chi connectivity index (χ0v) is 18.1. The van der Waals surface area contributed by atoms with Gasteiger partial charge in [-0.1, -0.05) is 0 Å². The lowest BCUT2D eigenvalue weighted by atomic mass is 10.0. The Bertz CT molecular complexity index is 1290. The highest BCUT2D eigenvalue weighted by Crippen LogP contribution is 2.38. The molecule has 0 aliphatic carbocycles. The lowest BCUT2D eigenvalue weighted by Gasteiger charge is -2.39. The Morgan fingerprint density at radius 1 is 1.22 bits per heavy atom. The van der Waals surface area contributed by atoms with Crippen LogP contribution in [-0.2, 0) is 26.5 Å². The predicted octanol–water partition coefficient (Wildman–Crippen LogP) is 3.06. The van der Waals surface area contributed by atoms with Crippen molar-refractivity contribution < 1.29 is 26.3 Å². The Morgan fingerprint density at radius 2 is 1.94 bits per heavy atom. The van der Waals surface area contributed by atoms with Crippen molar-refractivity contribution in [3.63, 3.8) is 0 Å². The molecule has 13 heteroatoms. The van der Waals surface area contributed by atoms with Crippen LogP contribution in [0.3, 0.4) is 0 Å². The monoisotopic (exact) mass is 483 g/mol. The van der Waals surface area contributed by atoms with Gasteiger partial charge in [-0.15, -0.1) is 11.3 Å². The van der Waals surface area contributed by atoms with E-state index in [1.54, 1.807) is 18.3 Å². The number of alkyl halides is 3. The summed E-state index contributed by atoms with van der Waals surface area (Å²) in [6.45, 7) is 0.272. The Kier molecular flexibility index (Phi) is 5.61. The van der Waals surface area contributed by atoms with E-state index < -0.39 is 27.4 Å². The maximum Gasteiger partial charge on any atom is 0.433 e. The Labute approximate surface area is 185 Å². The van der Waals surface area contributed by atoms with Crippen LogP contribution >= 0.6 is 11.3 Å². The largest absolute Gasteiger partial charge is 0.433 e. The molecule has 0 spiro atoms. The summed E-state index contributed by atoms with van der Waals surface area (Å²) in [5.74, 6) is -0.128. The minimum absolute atomic E-state index is 0.128. The number of thiazole rings is 1. The number of benzene rings is 1. The molecule has 1 aliphatic heterocycles. The molecule has 0 bridgehead atoms. The first-order chi connectivity index (χ1) is 15.0. The van der Waals surface area contributed by atoms with Crippen LogP contribution in [0, 0.1) is 5.41 Å². The van der Waals surface area contributed by atoms with Crippen LogP contribution in [0.15, 0.2) is 36.7 Å². The molecule has 8 nitrogen and oxygen atoms in total. The summed E-state index contributed by atoms with van der Waals surface area (Å²) in [6.07, 6.45) is 0.0807. The van der Waals surface area contributed by atoms with Gasteiger partial charge in [-0.3, -0.25) is 0 Å². The SMILES string of the molecule is CS(=O)(=O)NC1(c2ncc(-c3cc(C=N)cc(-c4nccc(C(F)(F)F)n4)c3)s2)COC1. The molecule has 0 unspecified atom stereocenters. The summed E-state index contributed by atoms with van der Waals surface area (Å²) >= 11 is 1.23. The van der Waals surface area contributed by atoms with E-state index in [1.165, 1.54) is 17.4 Å². The van der Waals surface area contributed by atoms with Gasteiger partial charge in [0, 0.05) is 24.2 Å². The minimum atomic E-state index is -4.61. The number of nitrogens with one attached hydrogen (secondary N) is 2. The summed E-state index contributed by atoms with van der Waals surface area (Å²) in [7, 11) is -3.52. The summed E-state index contributed by atoms with van der Waals surface area (Å²) < 4.78 is 70.5. The second kappa shape index (κ2) is 7.99. The summed E-state index contributed by atoms with van der Waals surface area (Å²) in [5, 5.41) is 8.10. The molecule has 0 saturated carbocycles. The first kappa shape index (κ1) is 22.5. The van der Waals surface area contributed by atoms with E-state index in [0.29, 0.717) is 26.6 Å². The highest BCUT2D eigenvalue weighted by molar-refractivity contribution is 7.88. The van der Waals surface area contributed by atoms with Crippen molar-refractivity contribution in [1.82, 2.24) is 19.7 Å². The van der Waals surface area contributed by atoms with E-state index in [2.05, 4.69) is 19.7 Å². The Hall–Kier alpha value is -2.74. The highest BCUT2D eigenvalue weighted by Gasteiger charge is 2.45. The highest BCUT2D eigenvalue weighted by atomic mass is 32.2. The first-order valence-corrected chi connectivity index (χ1v) is 11.8. The molecule has 2 N–H and O–H groups in total. The van der Waals surface area contributed by atoms with Gasteiger partial charge in [0.1, 0.15) is 16.2 Å². The molecule has 168 valence electrons. The van der Waals surface area contributed by atoms with Crippen LogP contribution in [-0.4, -0.2) is 49.1 Å². The molecule has 2 aromatic heterocycles. The van der Waals surface area contributed by atoms with Crippen molar-refractivity contribution in [3.05, 3.63) is 52.9 Å². The van der Waals surface area contributed by atoms with Gasteiger partial charge in [0.25, 0.3) is 0 Å². The smallest absolute Gasteiger partial charge is 0.376 e. The second-order valence-electron chi connectivity index (χ2n) is 7.23. The Balaban J connectivity index is 1.74. The molecule has 1 aliphatic rings. The summed E-state index contributed by atoms with van der Waals surface area (Å²) in [5.41, 5.74) is -0.700. The molecule has 32 heavy (non-hydrogen) atoms. The number of nitrogens with zero attached hydrogens (tertiary/aromatic N) is 3. The molecule has 3 heterocycles. The number of hydrogen-bond acceptors (Lipinski definition) is 8. The molecule has 4 rings (SSSR count). The van der Waals surface area contributed by atoms with Gasteiger partial charge in [0.05, 0.1) is 24.3 Å². The molecular formula is C19H16F3N5O3S2. The summed E-state index contributed by atoms with van der Waals surface area (Å²) in [4.78, 5) is 12.6. The zero-order valence-electron chi connectivity index (χ0n) is 16.5. The van der Waals surface area contributed by atoms with Crippen LogP contribution in [0.1, 0.15) is 16.3 Å². The van der Waals surface area contributed by atoms with Gasteiger partial charge in [-0.25, -0.2) is 23.4 Å². The first-order valence-electron chi connectivity index (χ1n) is 9.09. The van der Waals surface area contributed by atoms with Gasteiger partial charge < -0.3 is 10.1 Å². The molecule has 0 radical (unpaired) electrons. The van der Waals surface area contributed by atoms with Crippen molar-refractivity contribution in [2.45, 2.75) is 11.7 Å². The van der Waals surface area contributed by atoms with E-state index >= 15 is 0 Å². The van der Waals surface area contributed by atoms with Gasteiger partial charge in [0.2, 0.25) is 10.0 Å². The molecular weight excluding hydrogens is 467 g/mol. The summed E-state index contributed by atoms with van der Waals surface area (Å²) in [6, 6.07) is 5.58. The van der Waals surface area contributed by atoms with Crippen LogP contribution in [0.2, 0.25) is 0 Å². The van der Waals surface area contributed by atoms with Gasteiger partial charge >= 0.3 is 6.18 Å². The van der Waals surface area contributed by atoms with Crippen molar-refractivity contribution in [1.29, 1.82) is 5.41 Å². The number of ether oxygens (including phenoxy) is 1. The second-order valence-corrected chi connectivity index (χ2v) is 10.0. The van der Waals surface area contributed by atoms with Crippen LogP contribution in [0.25, 0.3) is 21.8 Å².